The van der Waals surface area contributed by atoms with Crippen molar-refractivity contribution in [2.75, 3.05) is 0 Å². The minimum atomic E-state index is -4.97. The molecule has 0 saturated carbocycles. The Morgan fingerprint density at radius 3 is 1.26 bits per heavy atom. The molecule has 2 aromatic rings. The van der Waals surface area contributed by atoms with E-state index in [1.165, 1.54) is 0 Å². The average Bonchev–Trinajstić information content (AvgIpc) is 2.47. The van der Waals surface area contributed by atoms with Crippen molar-refractivity contribution in [2.24, 2.45) is 0 Å². The Hall–Kier alpha value is -1.25. The van der Waals surface area contributed by atoms with Crippen LogP contribution in [0.25, 0.3) is 0 Å². The van der Waals surface area contributed by atoms with Crippen molar-refractivity contribution in [1.29, 1.82) is 0 Å². The maximum Gasteiger partial charge on any atom is 0.103 e. The van der Waals surface area contributed by atoms with Gasteiger partial charge in [0.05, 0.1) is 0 Å². The van der Waals surface area contributed by atoms with E-state index < -0.39 is 13.6 Å². The summed E-state index contributed by atoms with van der Waals surface area (Å²) >= 11 is 0. The molecule has 4 heteroatoms. The molecular weight excluding hydrogens is 355 g/mol. The summed E-state index contributed by atoms with van der Waals surface area (Å²) in [7, 11) is -4.97. The van der Waals surface area contributed by atoms with Gasteiger partial charge in [0.15, 0.2) is 0 Å². The van der Waals surface area contributed by atoms with Gasteiger partial charge in [0.2, 0.25) is 0 Å². The highest BCUT2D eigenvalue weighted by Gasteiger charge is 2.34. The predicted octanol–water partition coefficient (Wildman–Crippen LogP) is 3.83. The topological polar surface area (TPSA) is 69.2 Å². The van der Waals surface area contributed by atoms with E-state index in [0.717, 1.165) is 22.3 Å². The Morgan fingerprint density at radius 2 is 1.00 bits per heavy atom. The molecule has 2 rings (SSSR count). The second kappa shape index (κ2) is 7.29. The van der Waals surface area contributed by atoms with Crippen LogP contribution in [0.4, 0.5) is 0 Å². The van der Waals surface area contributed by atoms with Crippen LogP contribution < -0.4 is 14.7 Å². The van der Waals surface area contributed by atoms with Crippen LogP contribution in [0.5, 0.6) is 0 Å². The van der Waals surface area contributed by atoms with Crippen molar-refractivity contribution >= 4 is 7.94 Å². The Labute approximate surface area is 164 Å². The van der Waals surface area contributed by atoms with E-state index in [9.17, 15) is 14.7 Å². The fourth-order valence-electron chi connectivity index (χ4n) is 3.86. The van der Waals surface area contributed by atoms with Crippen LogP contribution in [0.2, 0.25) is 0 Å². The molecule has 0 radical (unpaired) electrons. The second-order valence-corrected chi connectivity index (χ2v) is 11.1. The lowest BCUT2D eigenvalue weighted by Crippen LogP contribution is -2.39. The molecule has 148 valence electrons. The Bertz CT molecular complexity index is 757. The molecule has 0 N–H and O–H groups in total. The van der Waals surface area contributed by atoms with Crippen molar-refractivity contribution in [3.8, 4) is 0 Å². The molecular formula is C23H31O3P-2. The lowest BCUT2D eigenvalue weighted by molar-refractivity contribution is -0.430. The molecule has 0 aliphatic heterocycles. The summed E-state index contributed by atoms with van der Waals surface area (Å²) in [5.41, 5.74) is 3.01. The lowest BCUT2D eigenvalue weighted by Gasteiger charge is -2.51. The lowest BCUT2D eigenvalue weighted by atomic mass is 9.76. The summed E-state index contributed by atoms with van der Waals surface area (Å²) in [5, 5.41) is 0. The van der Waals surface area contributed by atoms with E-state index in [4.69, 9.17) is 0 Å². The van der Waals surface area contributed by atoms with Gasteiger partial charge in [-0.15, -0.1) is 0 Å². The second-order valence-electron chi connectivity index (χ2n) is 9.51. The van der Waals surface area contributed by atoms with E-state index in [2.05, 4.69) is 0 Å². The molecule has 0 amide bonds. The van der Waals surface area contributed by atoms with Crippen molar-refractivity contribution in [3.05, 3.63) is 69.8 Å². The normalized spacial score (nSPS) is 13.3. The highest BCUT2D eigenvalue weighted by atomic mass is 31.2. The molecule has 2 aromatic carbocycles. The molecule has 0 aliphatic rings. The first kappa shape index (κ1) is 22.0. The summed E-state index contributed by atoms with van der Waals surface area (Å²) < 4.78 is 0. The predicted molar refractivity (Wildman–Crippen MR) is 109 cm³/mol. The van der Waals surface area contributed by atoms with Gasteiger partial charge in [0.25, 0.3) is 0 Å². The van der Waals surface area contributed by atoms with Gasteiger partial charge in [-0.3, -0.25) is 0 Å². The van der Waals surface area contributed by atoms with Gasteiger partial charge in [-0.1, -0.05) is 77.9 Å². The third kappa shape index (κ3) is 4.60. The van der Waals surface area contributed by atoms with Crippen LogP contribution in [0.3, 0.4) is 0 Å². The van der Waals surface area contributed by atoms with Crippen LogP contribution >= 0.6 is 7.94 Å². The molecule has 0 saturated heterocycles. The van der Waals surface area contributed by atoms with E-state index in [1.54, 1.807) is 0 Å². The van der Waals surface area contributed by atoms with Gasteiger partial charge >= 0.3 is 0 Å². The summed E-state index contributed by atoms with van der Waals surface area (Å²) in [5.74, 6) is 0. The Kier molecular flexibility index (Phi) is 5.95. The summed E-state index contributed by atoms with van der Waals surface area (Å²) in [6, 6.07) is 11.5. The SMILES string of the molecule is Cc1cccc(C(C)(C)C)c1C(c1c(C)cccc1C(C)(C)C)[P+]([O-])([O-])[O-]. The molecule has 0 atom stereocenters. The van der Waals surface area contributed by atoms with Gasteiger partial charge in [-0.2, -0.15) is 7.94 Å². The Balaban J connectivity index is 2.96. The third-order valence-electron chi connectivity index (χ3n) is 5.13. The average molecular weight is 386 g/mol. The van der Waals surface area contributed by atoms with Crippen LogP contribution in [0, 0.1) is 13.8 Å². The smallest absolute Gasteiger partial charge is 0.103 e. The number of hydrogen-bond acceptors (Lipinski definition) is 3. The van der Waals surface area contributed by atoms with Gasteiger partial charge in [-0.25, -0.2) is 0 Å². The molecule has 0 fully saturated rings. The first-order valence-corrected chi connectivity index (χ1v) is 11.0. The van der Waals surface area contributed by atoms with Crippen molar-refractivity contribution in [2.45, 2.75) is 71.9 Å². The third-order valence-corrected chi connectivity index (χ3v) is 6.28. The van der Waals surface area contributed by atoms with Crippen molar-refractivity contribution < 1.29 is 14.7 Å². The number of rotatable bonds is 3. The van der Waals surface area contributed by atoms with Gasteiger partial charge in [-0.05, 0) is 46.9 Å². The van der Waals surface area contributed by atoms with Crippen LogP contribution in [-0.2, 0) is 10.8 Å². The quantitative estimate of drug-likeness (QED) is 0.753. The van der Waals surface area contributed by atoms with E-state index in [-0.39, 0.29) is 10.8 Å². The first-order chi connectivity index (χ1) is 12.2. The zero-order valence-electron chi connectivity index (χ0n) is 17.7. The number of aryl methyl sites for hydroxylation is 2. The maximum atomic E-state index is 12.7. The van der Waals surface area contributed by atoms with E-state index >= 15 is 0 Å². The Morgan fingerprint density at radius 1 is 0.667 bits per heavy atom. The zero-order chi connectivity index (χ0) is 20.8. The molecule has 0 aromatic heterocycles. The standard InChI is InChI=1S/C23H33O3P/c1-15-11-9-13-17(22(3,4)5)19(15)21(27(24,25)26)20-16(2)12-10-14-18(20)23(6,7)8/h9-14,21H,1-8H3,(H2,24,25,26)/p-2. The summed E-state index contributed by atoms with van der Waals surface area (Å²) in [6.45, 7) is 16.1. The van der Waals surface area contributed by atoms with Gasteiger partial charge < -0.3 is 14.7 Å². The molecule has 0 aliphatic carbocycles. The number of benzene rings is 2. The molecule has 27 heavy (non-hydrogen) atoms. The van der Waals surface area contributed by atoms with Crippen LogP contribution in [-0.4, -0.2) is 0 Å². The first-order valence-electron chi connectivity index (χ1n) is 9.37. The molecule has 0 unspecified atom stereocenters. The highest BCUT2D eigenvalue weighted by Crippen LogP contribution is 2.57. The van der Waals surface area contributed by atoms with Crippen molar-refractivity contribution in [1.82, 2.24) is 0 Å². The summed E-state index contributed by atoms with van der Waals surface area (Å²) in [4.78, 5) is 38.0. The monoisotopic (exact) mass is 386 g/mol. The fourth-order valence-corrected chi connectivity index (χ4v) is 5.17. The molecule has 3 nitrogen and oxygen atoms in total. The van der Waals surface area contributed by atoms with Gasteiger partial charge in [0.1, 0.15) is 5.66 Å². The molecule has 0 heterocycles. The summed E-state index contributed by atoms with van der Waals surface area (Å²) in [6.07, 6.45) is 0. The molecule has 0 bridgehead atoms. The van der Waals surface area contributed by atoms with Crippen molar-refractivity contribution in [3.63, 3.8) is 0 Å². The number of hydrogen-bond donors (Lipinski definition) is 0. The highest BCUT2D eigenvalue weighted by molar-refractivity contribution is 7.54. The zero-order valence-corrected chi connectivity index (χ0v) is 18.6. The van der Waals surface area contributed by atoms with E-state index in [1.807, 2.05) is 91.8 Å². The van der Waals surface area contributed by atoms with Crippen LogP contribution in [0.15, 0.2) is 36.4 Å². The fraction of sp³-hybridized carbons (Fsp3) is 0.478. The largest absolute Gasteiger partial charge is 0.687 e. The minimum absolute atomic E-state index is 0.278. The van der Waals surface area contributed by atoms with Gasteiger partial charge in [0, 0.05) is 11.1 Å². The minimum Gasteiger partial charge on any atom is -0.687 e. The van der Waals surface area contributed by atoms with Crippen LogP contribution in [0.1, 0.15) is 80.6 Å². The maximum absolute atomic E-state index is 12.7. The van der Waals surface area contributed by atoms with E-state index in [0.29, 0.717) is 11.1 Å². The molecule has 0 spiro atoms.